The molecule has 1 atom stereocenters. The van der Waals surface area contributed by atoms with Crippen LogP contribution in [0.4, 0.5) is 8.78 Å². The summed E-state index contributed by atoms with van der Waals surface area (Å²) in [5, 5.41) is 12.7. The maximum absolute atomic E-state index is 13.4. The van der Waals surface area contributed by atoms with Crippen molar-refractivity contribution in [1.82, 2.24) is 10.6 Å². The molecule has 1 aromatic carbocycles. The minimum atomic E-state index is -0.975. The first-order chi connectivity index (χ1) is 13.3. The number of hydrogen-bond donors (Lipinski definition) is 4. The number of allylic oxidation sites excluding steroid dienone is 1. The smallest absolute Gasteiger partial charge is 0.287 e. The summed E-state index contributed by atoms with van der Waals surface area (Å²) in [5.74, 6) is -2.61. The van der Waals surface area contributed by atoms with Crippen molar-refractivity contribution in [3.05, 3.63) is 63.0 Å². The summed E-state index contributed by atoms with van der Waals surface area (Å²) in [6, 6.07) is 4.31. The van der Waals surface area contributed by atoms with E-state index in [2.05, 4.69) is 10.6 Å². The molecule has 28 heavy (non-hydrogen) atoms. The SMILES string of the molecule is CN/C(=C(/Cl)C=N)c1cc(C(=O)NC(CN)Cc2ccc(F)c(F)c2)oc1Cl. The molecule has 0 spiro atoms. The molecular formula is C18H18Cl2F2N4O2. The zero-order valence-electron chi connectivity index (χ0n) is 14.8. The van der Waals surface area contributed by atoms with Crippen LogP contribution in [0.3, 0.4) is 0 Å². The predicted octanol–water partition coefficient (Wildman–Crippen LogP) is 3.29. The Labute approximate surface area is 170 Å². The van der Waals surface area contributed by atoms with Gasteiger partial charge in [0.2, 0.25) is 5.22 Å². The summed E-state index contributed by atoms with van der Waals surface area (Å²) in [6.07, 6.45) is 1.12. The molecule has 0 saturated carbocycles. The number of rotatable bonds is 8. The van der Waals surface area contributed by atoms with E-state index in [9.17, 15) is 13.6 Å². The topological polar surface area (TPSA) is 104 Å². The quantitative estimate of drug-likeness (QED) is 0.482. The van der Waals surface area contributed by atoms with Gasteiger partial charge in [0.1, 0.15) is 0 Å². The number of amides is 1. The van der Waals surface area contributed by atoms with Crippen molar-refractivity contribution in [3.8, 4) is 0 Å². The Balaban J connectivity index is 2.18. The zero-order valence-corrected chi connectivity index (χ0v) is 16.3. The molecule has 0 aliphatic rings. The van der Waals surface area contributed by atoms with E-state index in [-0.39, 0.29) is 29.0 Å². The largest absolute Gasteiger partial charge is 0.439 e. The highest BCUT2D eigenvalue weighted by Gasteiger charge is 2.21. The summed E-state index contributed by atoms with van der Waals surface area (Å²) in [4.78, 5) is 12.5. The summed E-state index contributed by atoms with van der Waals surface area (Å²) < 4.78 is 31.7. The van der Waals surface area contributed by atoms with Gasteiger partial charge in [-0.15, -0.1) is 0 Å². The second kappa shape index (κ2) is 9.68. The van der Waals surface area contributed by atoms with Crippen molar-refractivity contribution in [1.29, 1.82) is 5.41 Å². The monoisotopic (exact) mass is 430 g/mol. The van der Waals surface area contributed by atoms with Gasteiger partial charge in [-0.1, -0.05) is 17.7 Å². The fourth-order valence-electron chi connectivity index (χ4n) is 2.51. The van der Waals surface area contributed by atoms with Gasteiger partial charge in [0.05, 0.1) is 16.3 Å². The number of nitrogens with two attached hydrogens (primary N) is 1. The molecule has 10 heteroatoms. The van der Waals surface area contributed by atoms with Gasteiger partial charge in [0.25, 0.3) is 5.91 Å². The third kappa shape index (κ3) is 5.09. The van der Waals surface area contributed by atoms with Crippen molar-refractivity contribution in [2.24, 2.45) is 5.73 Å². The van der Waals surface area contributed by atoms with Gasteiger partial charge in [0, 0.05) is 31.9 Å². The first-order valence-electron chi connectivity index (χ1n) is 8.13. The Hall–Kier alpha value is -2.42. The van der Waals surface area contributed by atoms with Gasteiger partial charge in [-0.3, -0.25) is 4.79 Å². The molecular weight excluding hydrogens is 413 g/mol. The van der Waals surface area contributed by atoms with Crippen LogP contribution in [0.25, 0.3) is 5.70 Å². The number of nitrogens with one attached hydrogen (secondary N) is 3. The van der Waals surface area contributed by atoms with E-state index in [4.69, 9.17) is 38.8 Å². The number of carbonyl (C=O) groups excluding carboxylic acids is 1. The van der Waals surface area contributed by atoms with Crippen LogP contribution in [-0.2, 0) is 6.42 Å². The molecule has 2 aromatic rings. The Morgan fingerprint density at radius 2 is 2.07 bits per heavy atom. The fourth-order valence-corrected chi connectivity index (χ4v) is 2.94. The fraction of sp³-hybridized carbons (Fsp3) is 0.222. The lowest BCUT2D eigenvalue weighted by molar-refractivity contribution is 0.0910. The third-order valence-electron chi connectivity index (χ3n) is 3.88. The normalized spacial score (nSPS) is 12.9. The number of benzene rings is 1. The molecule has 1 heterocycles. The van der Waals surface area contributed by atoms with Gasteiger partial charge in [-0.25, -0.2) is 8.78 Å². The minimum absolute atomic E-state index is 0.0628. The Morgan fingerprint density at radius 1 is 1.36 bits per heavy atom. The molecule has 0 radical (unpaired) electrons. The first kappa shape index (κ1) is 21.9. The summed E-state index contributed by atoms with van der Waals surface area (Å²) in [6.45, 7) is 0.0628. The average molecular weight is 431 g/mol. The number of furan rings is 1. The van der Waals surface area contributed by atoms with Crippen molar-refractivity contribution in [2.75, 3.05) is 13.6 Å². The summed E-state index contributed by atoms with van der Waals surface area (Å²) >= 11 is 12.0. The van der Waals surface area contributed by atoms with Crippen LogP contribution in [0.5, 0.6) is 0 Å². The van der Waals surface area contributed by atoms with E-state index in [1.54, 1.807) is 7.05 Å². The second-order valence-corrected chi connectivity index (χ2v) is 6.52. The second-order valence-electron chi connectivity index (χ2n) is 5.77. The van der Waals surface area contributed by atoms with Crippen LogP contribution in [0.1, 0.15) is 21.7 Å². The highest BCUT2D eigenvalue weighted by molar-refractivity contribution is 6.42. The van der Waals surface area contributed by atoms with Crippen molar-refractivity contribution >= 4 is 41.0 Å². The predicted molar refractivity (Wildman–Crippen MR) is 105 cm³/mol. The Kier molecular flexibility index (Phi) is 7.56. The zero-order chi connectivity index (χ0) is 20.8. The number of carbonyl (C=O) groups is 1. The van der Waals surface area contributed by atoms with Crippen LogP contribution in [-0.4, -0.2) is 31.8 Å². The number of hydrogen-bond acceptors (Lipinski definition) is 5. The highest BCUT2D eigenvalue weighted by Crippen LogP contribution is 2.29. The van der Waals surface area contributed by atoms with Gasteiger partial charge >= 0.3 is 0 Å². The average Bonchev–Trinajstić information content (AvgIpc) is 3.06. The van der Waals surface area contributed by atoms with Crippen molar-refractivity contribution < 1.29 is 18.0 Å². The van der Waals surface area contributed by atoms with E-state index < -0.39 is 23.6 Å². The molecule has 5 N–H and O–H groups in total. The number of halogens is 4. The molecule has 1 amide bonds. The summed E-state index contributed by atoms with van der Waals surface area (Å²) in [7, 11) is 1.58. The molecule has 0 saturated heterocycles. The molecule has 1 unspecified atom stereocenters. The molecule has 0 aliphatic carbocycles. The molecule has 0 aliphatic heterocycles. The molecule has 1 aromatic heterocycles. The van der Waals surface area contributed by atoms with Crippen LogP contribution >= 0.6 is 23.2 Å². The van der Waals surface area contributed by atoms with Crippen LogP contribution < -0.4 is 16.4 Å². The van der Waals surface area contributed by atoms with E-state index in [0.717, 1.165) is 18.3 Å². The van der Waals surface area contributed by atoms with Crippen molar-refractivity contribution in [3.63, 3.8) is 0 Å². The maximum Gasteiger partial charge on any atom is 0.287 e. The molecule has 150 valence electrons. The summed E-state index contributed by atoms with van der Waals surface area (Å²) in [5.41, 5.74) is 6.79. The molecule has 6 nitrogen and oxygen atoms in total. The third-order valence-corrected chi connectivity index (χ3v) is 4.46. The van der Waals surface area contributed by atoms with Crippen LogP contribution in [0.2, 0.25) is 5.22 Å². The lowest BCUT2D eigenvalue weighted by Crippen LogP contribution is -2.41. The van der Waals surface area contributed by atoms with Gasteiger partial charge in [-0.05, 0) is 35.7 Å². The van der Waals surface area contributed by atoms with E-state index >= 15 is 0 Å². The minimum Gasteiger partial charge on any atom is -0.439 e. The lowest BCUT2D eigenvalue weighted by atomic mass is 10.1. The van der Waals surface area contributed by atoms with Crippen molar-refractivity contribution in [2.45, 2.75) is 12.5 Å². The first-order valence-corrected chi connectivity index (χ1v) is 8.88. The van der Waals surface area contributed by atoms with E-state index in [1.165, 1.54) is 12.1 Å². The highest BCUT2D eigenvalue weighted by atomic mass is 35.5. The van der Waals surface area contributed by atoms with Crippen LogP contribution in [0.15, 0.2) is 33.7 Å². The maximum atomic E-state index is 13.4. The van der Waals surface area contributed by atoms with E-state index in [0.29, 0.717) is 16.8 Å². The molecule has 0 fully saturated rings. The Bertz CT molecular complexity index is 915. The Morgan fingerprint density at radius 3 is 2.64 bits per heavy atom. The van der Waals surface area contributed by atoms with Gasteiger partial charge < -0.3 is 26.2 Å². The lowest BCUT2D eigenvalue weighted by Gasteiger charge is -2.16. The van der Waals surface area contributed by atoms with E-state index in [1.807, 2.05) is 0 Å². The molecule has 2 rings (SSSR count). The standard InChI is InChI=1S/C18H18Cl2F2N4O2/c1-25-16(12(19)8-24)11-6-15(28-17(11)20)18(27)26-10(7-23)4-9-2-3-13(21)14(22)5-9/h2-3,5-6,8,10,24-25H,4,7,23H2,1H3,(H,26,27)/b16-12+,24-8?. The van der Waals surface area contributed by atoms with Crippen LogP contribution in [0, 0.1) is 17.0 Å². The van der Waals surface area contributed by atoms with Gasteiger partial charge in [-0.2, -0.15) is 0 Å². The van der Waals surface area contributed by atoms with Gasteiger partial charge in [0.15, 0.2) is 17.4 Å². The molecule has 0 bridgehead atoms.